The van der Waals surface area contributed by atoms with Gasteiger partial charge in [0.15, 0.2) is 0 Å². The van der Waals surface area contributed by atoms with Crippen LogP contribution in [-0.4, -0.2) is 26.8 Å². The lowest BCUT2D eigenvalue weighted by Gasteiger charge is -2.25. The fourth-order valence-electron chi connectivity index (χ4n) is 3.50. The third-order valence-corrected chi connectivity index (χ3v) is 4.53. The van der Waals surface area contributed by atoms with Crippen molar-refractivity contribution < 1.29 is 0 Å². The summed E-state index contributed by atoms with van der Waals surface area (Å²) in [4.78, 5) is 11.7. The molecule has 3 rings (SSSR count). The van der Waals surface area contributed by atoms with Gasteiger partial charge in [-0.3, -0.25) is 4.68 Å². The van der Waals surface area contributed by atoms with Crippen molar-refractivity contribution in [3.05, 3.63) is 34.5 Å². The highest BCUT2D eigenvalue weighted by molar-refractivity contribution is 5.50. The SMILES string of the molecule is Cc1nc2c(c(N(C)Cc3cn(C)nc3C(C)C)n1)CCCC2. The molecule has 0 radical (unpaired) electrons. The quantitative estimate of drug-likeness (QED) is 0.870. The molecule has 1 aliphatic carbocycles. The van der Waals surface area contributed by atoms with Gasteiger partial charge in [0.2, 0.25) is 0 Å². The van der Waals surface area contributed by atoms with E-state index in [1.54, 1.807) is 0 Å². The molecule has 0 amide bonds. The number of nitrogens with zero attached hydrogens (tertiary/aromatic N) is 5. The van der Waals surface area contributed by atoms with E-state index < -0.39 is 0 Å². The third kappa shape index (κ3) is 3.23. The van der Waals surface area contributed by atoms with Crippen LogP contribution >= 0.6 is 0 Å². The van der Waals surface area contributed by atoms with Crippen LogP contribution < -0.4 is 4.90 Å². The van der Waals surface area contributed by atoms with Crippen LogP contribution in [0.1, 0.15) is 60.9 Å². The van der Waals surface area contributed by atoms with Gasteiger partial charge < -0.3 is 4.90 Å². The summed E-state index contributed by atoms with van der Waals surface area (Å²) in [5.41, 5.74) is 5.06. The summed E-state index contributed by atoms with van der Waals surface area (Å²) in [6, 6.07) is 0. The predicted octanol–water partition coefficient (Wildman–Crippen LogP) is 3.16. The molecule has 0 fully saturated rings. The Morgan fingerprint density at radius 2 is 1.96 bits per heavy atom. The largest absolute Gasteiger partial charge is 0.355 e. The highest BCUT2D eigenvalue weighted by Gasteiger charge is 2.21. The van der Waals surface area contributed by atoms with E-state index in [2.05, 4.69) is 42.1 Å². The van der Waals surface area contributed by atoms with Gasteiger partial charge in [-0.05, 0) is 38.5 Å². The van der Waals surface area contributed by atoms with Crippen molar-refractivity contribution in [3.63, 3.8) is 0 Å². The van der Waals surface area contributed by atoms with E-state index in [1.807, 2.05) is 18.7 Å². The third-order valence-electron chi connectivity index (χ3n) is 4.53. The van der Waals surface area contributed by atoms with Crippen molar-refractivity contribution in [3.8, 4) is 0 Å². The molecule has 0 aromatic carbocycles. The zero-order chi connectivity index (χ0) is 16.6. The molecule has 2 heterocycles. The Labute approximate surface area is 138 Å². The van der Waals surface area contributed by atoms with Crippen molar-refractivity contribution in [2.24, 2.45) is 7.05 Å². The monoisotopic (exact) mass is 313 g/mol. The van der Waals surface area contributed by atoms with E-state index in [1.165, 1.54) is 35.4 Å². The molecule has 0 saturated carbocycles. The molecule has 0 spiro atoms. The van der Waals surface area contributed by atoms with Gasteiger partial charge in [0.25, 0.3) is 0 Å². The first-order valence-corrected chi connectivity index (χ1v) is 8.55. The average Bonchev–Trinajstić information content (AvgIpc) is 2.87. The Balaban J connectivity index is 1.92. The summed E-state index contributed by atoms with van der Waals surface area (Å²) < 4.78 is 1.92. The zero-order valence-corrected chi connectivity index (χ0v) is 14.9. The lowest BCUT2D eigenvalue weighted by molar-refractivity contribution is 0.653. The Morgan fingerprint density at radius 1 is 1.22 bits per heavy atom. The van der Waals surface area contributed by atoms with E-state index >= 15 is 0 Å². The number of hydrogen-bond donors (Lipinski definition) is 0. The van der Waals surface area contributed by atoms with Gasteiger partial charge >= 0.3 is 0 Å². The summed E-state index contributed by atoms with van der Waals surface area (Å²) in [6.45, 7) is 7.23. The first kappa shape index (κ1) is 16.0. The van der Waals surface area contributed by atoms with Gasteiger partial charge in [-0.15, -0.1) is 0 Å². The maximum absolute atomic E-state index is 4.75. The van der Waals surface area contributed by atoms with E-state index in [4.69, 9.17) is 4.98 Å². The van der Waals surface area contributed by atoms with Gasteiger partial charge in [0.05, 0.1) is 5.69 Å². The summed E-state index contributed by atoms with van der Waals surface area (Å²) in [6.07, 6.45) is 6.80. The Hall–Kier alpha value is -1.91. The number of anilines is 1. The molecule has 0 atom stereocenters. The molecule has 5 nitrogen and oxygen atoms in total. The van der Waals surface area contributed by atoms with E-state index in [0.717, 1.165) is 31.0 Å². The lowest BCUT2D eigenvalue weighted by atomic mass is 9.96. The van der Waals surface area contributed by atoms with Crippen LogP contribution in [0.2, 0.25) is 0 Å². The minimum Gasteiger partial charge on any atom is -0.355 e. The van der Waals surface area contributed by atoms with Crippen molar-refractivity contribution in [1.29, 1.82) is 0 Å². The first-order chi connectivity index (χ1) is 11.0. The van der Waals surface area contributed by atoms with Crippen LogP contribution in [-0.2, 0) is 26.4 Å². The molecule has 0 saturated heterocycles. The van der Waals surface area contributed by atoms with Gasteiger partial charge in [0, 0.05) is 43.7 Å². The van der Waals surface area contributed by atoms with Crippen LogP contribution in [0.25, 0.3) is 0 Å². The maximum Gasteiger partial charge on any atom is 0.135 e. The Morgan fingerprint density at radius 3 is 2.70 bits per heavy atom. The lowest BCUT2D eigenvalue weighted by Crippen LogP contribution is -2.23. The second-order valence-corrected chi connectivity index (χ2v) is 6.95. The fraction of sp³-hybridized carbons (Fsp3) is 0.611. The van der Waals surface area contributed by atoms with Crippen LogP contribution in [0.3, 0.4) is 0 Å². The van der Waals surface area contributed by atoms with Crippen molar-refractivity contribution >= 4 is 5.82 Å². The molecule has 124 valence electrons. The summed E-state index contributed by atoms with van der Waals surface area (Å²) in [5.74, 6) is 2.41. The van der Waals surface area contributed by atoms with Crippen LogP contribution in [0.15, 0.2) is 6.20 Å². The number of rotatable bonds is 4. The van der Waals surface area contributed by atoms with Crippen molar-refractivity contribution in [2.45, 2.75) is 58.9 Å². The second kappa shape index (κ2) is 6.30. The van der Waals surface area contributed by atoms with Gasteiger partial charge in [0.1, 0.15) is 11.6 Å². The Kier molecular flexibility index (Phi) is 4.37. The molecular formula is C18H27N5. The van der Waals surface area contributed by atoms with Crippen LogP contribution in [0.5, 0.6) is 0 Å². The minimum atomic E-state index is 0.431. The highest BCUT2D eigenvalue weighted by atomic mass is 15.3. The molecule has 5 heteroatoms. The molecule has 1 aliphatic rings. The minimum absolute atomic E-state index is 0.431. The number of aromatic nitrogens is 4. The fourth-order valence-corrected chi connectivity index (χ4v) is 3.50. The average molecular weight is 313 g/mol. The standard InChI is InChI=1S/C18H27N5/c1-12(2)17-14(11-23(5)21-17)10-22(4)18-15-8-6-7-9-16(15)19-13(3)20-18/h11-12H,6-10H2,1-5H3. The smallest absolute Gasteiger partial charge is 0.135 e. The predicted molar refractivity (Wildman–Crippen MR) is 92.8 cm³/mol. The van der Waals surface area contributed by atoms with E-state index in [0.29, 0.717) is 5.92 Å². The molecule has 2 aromatic rings. The molecule has 0 N–H and O–H groups in total. The molecule has 0 bridgehead atoms. The Bertz CT molecular complexity index is 702. The number of aryl methyl sites for hydroxylation is 3. The number of fused-ring (bicyclic) bond motifs is 1. The second-order valence-electron chi connectivity index (χ2n) is 6.95. The van der Waals surface area contributed by atoms with Crippen molar-refractivity contribution in [1.82, 2.24) is 19.7 Å². The topological polar surface area (TPSA) is 46.8 Å². The van der Waals surface area contributed by atoms with Crippen LogP contribution in [0.4, 0.5) is 5.82 Å². The molecule has 0 unspecified atom stereocenters. The van der Waals surface area contributed by atoms with Crippen LogP contribution in [0, 0.1) is 6.92 Å². The normalized spacial score (nSPS) is 14.2. The molecular weight excluding hydrogens is 286 g/mol. The zero-order valence-electron chi connectivity index (χ0n) is 14.9. The summed E-state index contributed by atoms with van der Waals surface area (Å²) in [5, 5.41) is 4.62. The van der Waals surface area contributed by atoms with Crippen molar-refractivity contribution in [2.75, 3.05) is 11.9 Å². The molecule has 0 aliphatic heterocycles. The van der Waals surface area contributed by atoms with Gasteiger partial charge in [-0.25, -0.2) is 9.97 Å². The van der Waals surface area contributed by atoms with Gasteiger partial charge in [-0.2, -0.15) is 5.10 Å². The molecule has 23 heavy (non-hydrogen) atoms. The number of hydrogen-bond acceptors (Lipinski definition) is 4. The summed E-state index contributed by atoms with van der Waals surface area (Å²) in [7, 11) is 4.12. The highest BCUT2D eigenvalue weighted by Crippen LogP contribution is 2.29. The van der Waals surface area contributed by atoms with E-state index in [9.17, 15) is 0 Å². The summed E-state index contributed by atoms with van der Waals surface area (Å²) >= 11 is 0. The first-order valence-electron chi connectivity index (χ1n) is 8.55. The van der Waals surface area contributed by atoms with Gasteiger partial charge in [-0.1, -0.05) is 13.8 Å². The molecule has 2 aromatic heterocycles. The van der Waals surface area contributed by atoms with E-state index in [-0.39, 0.29) is 0 Å². The maximum atomic E-state index is 4.75.